The maximum Gasteiger partial charge on any atom is 0.412 e. The molecule has 0 bridgehead atoms. The minimum absolute atomic E-state index is 0.0459. The van der Waals surface area contributed by atoms with Crippen LogP contribution in [0.2, 0.25) is 0 Å². The molecule has 4 rings (SSSR count). The molecule has 0 saturated heterocycles. The van der Waals surface area contributed by atoms with Crippen molar-refractivity contribution >= 4 is 28.5 Å². The normalized spacial score (nSPS) is 11.1. The third-order valence-electron chi connectivity index (χ3n) is 6.48. The molecule has 1 amide bonds. The summed E-state index contributed by atoms with van der Waals surface area (Å²) in [6, 6.07) is 14.7. The first kappa shape index (κ1) is 30.8. The zero-order valence-electron chi connectivity index (χ0n) is 25.3. The molecule has 3 aromatic carbocycles. The number of carbonyl (C=O) groups is 2. The molecule has 1 aromatic heterocycles. The number of rotatable bonds is 8. The fraction of sp³-hybridized carbons (Fsp3) is 0.281. The van der Waals surface area contributed by atoms with E-state index in [9.17, 15) is 14.4 Å². The number of benzene rings is 3. The van der Waals surface area contributed by atoms with Gasteiger partial charge in [0.1, 0.15) is 22.8 Å². The van der Waals surface area contributed by atoms with Crippen LogP contribution in [-0.2, 0) is 9.47 Å². The lowest BCUT2D eigenvalue weighted by Crippen LogP contribution is -2.27. The number of anilines is 1. The first-order valence-electron chi connectivity index (χ1n) is 13.2. The second-order valence-corrected chi connectivity index (χ2v) is 10.4. The van der Waals surface area contributed by atoms with E-state index in [0.717, 1.165) is 0 Å². The van der Waals surface area contributed by atoms with Crippen LogP contribution in [-0.4, -0.2) is 57.8 Å². The Hall–Kier alpha value is -5.19. The molecule has 0 spiro atoms. The van der Waals surface area contributed by atoms with Gasteiger partial charge in [-0.2, -0.15) is 0 Å². The Morgan fingerprint density at radius 1 is 0.744 bits per heavy atom. The van der Waals surface area contributed by atoms with E-state index in [2.05, 4.69) is 5.32 Å². The number of methoxy groups -OCH3 is 5. The third kappa shape index (κ3) is 6.35. The number of aromatic nitrogens is 1. The van der Waals surface area contributed by atoms with E-state index in [0.29, 0.717) is 50.9 Å². The molecule has 0 fully saturated rings. The third-order valence-corrected chi connectivity index (χ3v) is 6.48. The molecule has 0 saturated carbocycles. The van der Waals surface area contributed by atoms with Gasteiger partial charge in [0.2, 0.25) is 0 Å². The Morgan fingerprint density at radius 3 is 1.79 bits per heavy atom. The van der Waals surface area contributed by atoms with Crippen molar-refractivity contribution in [1.29, 1.82) is 0 Å². The molecule has 0 unspecified atom stereocenters. The zero-order valence-corrected chi connectivity index (χ0v) is 25.3. The SMILES string of the molecule is COC(=O)c1c(-c2cc(OC)cc(OC)c2)c2cc(OC)c(OC)cc2c(=O)n1-c1ccc(NC(=O)OC(C)(C)C)cc1. The summed E-state index contributed by atoms with van der Waals surface area (Å²) < 4.78 is 33.8. The summed E-state index contributed by atoms with van der Waals surface area (Å²) in [5.74, 6) is 0.858. The molecule has 11 heteroatoms. The number of carbonyl (C=O) groups excluding carboxylic acids is 2. The van der Waals surface area contributed by atoms with Crippen LogP contribution >= 0.6 is 0 Å². The van der Waals surface area contributed by atoms with Crippen LogP contribution in [0.25, 0.3) is 27.6 Å². The number of fused-ring (bicyclic) bond motifs is 1. The molecule has 4 aromatic rings. The summed E-state index contributed by atoms with van der Waals surface area (Å²) in [6.07, 6.45) is -0.631. The fourth-order valence-corrected chi connectivity index (χ4v) is 4.62. The van der Waals surface area contributed by atoms with Crippen molar-refractivity contribution in [2.45, 2.75) is 26.4 Å². The summed E-state index contributed by atoms with van der Waals surface area (Å²) >= 11 is 0. The number of hydrogen-bond acceptors (Lipinski definition) is 9. The molecule has 1 heterocycles. The highest BCUT2D eigenvalue weighted by Crippen LogP contribution is 2.40. The zero-order chi connectivity index (χ0) is 31.5. The average molecular weight is 591 g/mol. The lowest BCUT2D eigenvalue weighted by atomic mass is 9.95. The average Bonchev–Trinajstić information content (AvgIpc) is 2.99. The van der Waals surface area contributed by atoms with Crippen molar-refractivity contribution in [3.63, 3.8) is 0 Å². The summed E-state index contributed by atoms with van der Waals surface area (Å²) in [4.78, 5) is 40.1. The van der Waals surface area contributed by atoms with E-state index in [1.807, 2.05) is 0 Å². The molecular weight excluding hydrogens is 556 g/mol. The Balaban J connectivity index is 2.07. The van der Waals surface area contributed by atoms with Gasteiger partial charge in [0.15, 0.2) is 11.5 Å². The number of hydrogen-bond donors (Lipinski definition) is 1. The van der Waals surface area contributed by atoms with Crippen LogP contribution in [0.15, 0.2) is 59.4 Å². The van der Waals surface area contributed by atoms with Crippen LogP contribution in [0.1, 0.15) is 31.3 Å². The van der Waals surface area contributed by atoms with E-state index in [1.165, 1.54) is 40.1 Å². The van der Waals surface area contributed by atoms with Gasteiger partial charge < -0.3 is 28.4 Å². The number of nitrogens with zero attached hydrogens (tertiary/aromatic N) is 1. The number of ether oxygens (including phenoxy) is 6. The van der Waals surface area contributed by atoms with Gasteiger partial charge in [0, 0.05) is 28.4 Å². The first-order chi connectivity index (χ1) is 20.4. The molecule has 226 valence electrons. The van der Waals surface area contributed by atoms with Crippen molar-refractivity contribution in [3.05, 3.63) is 70.6 Å². The smallest absolute Gasteiger partial charge is 0.412 e. The predicted molar refractivity (Wildman–Crippen MR) is 162 cm³/mol. The maximum absolute atomic E-state index is 14.2. The molecule has 0 atom stereocenters. The lowest BCUT2D eigenvalue weighted by molar-refractivity contribution is 0.0589. The minimum atomic E-state index is -0.762. The van der Waals surface area contributed by atoms with Crippen molar-refractivity contribution in [1.82, 2.24) is 4.57 Å². The van der Waals surface area contributed by atoms with Crippen molar-refractivity contribution in [2.75, 3.05) is 40.9 Å². The summed E-state index contributed by atoms with van der Waals surface area (Å²) in [6.45, 7) is 5.28. The number of amides is 1. The molecule has 0 aliphatic carbocycles. The number of nitrogens with one attached hydrogen (secondary N) is 1. The molecular formula is C32H34N2O9. The van der Waals surface area contributed by atoms with Gasteiger partial charge in [0.05, 0.1) is 40.9 Å². The van der Waals surface area contributed by atoms with Crippen molar-refractivity contribution < 1.29 is 38.0 Å². The Bertz CT molecular complexity index is 1710. The van der Waals surface area contributed by atoms with E-state index in [1.54, 1.807) is 75.4 Å². The Labute approximate surface area is 248 Å². The fourth-order valence-electron chi connectivity index (χ4n) is 4.62. The van der Waals surface area contributed by atoms with Gasteiger partial charge in [0.25, 0.3) is 5.56 Å². The number of pyridine rings is 1. The van der Waals surface area contributed by atoms with Crippen LogP contribution in [0.3, 0.4) is 0 Å². The summed E-state index contributed by atoms with van der Waals surface area (Å²) in [5, 5.41) is 3.32. The Kier molecular flexibility index (Phi) is 8.84. The highest BCUT2D eigenvalue weighted by Gasteiger charge is 2.27. The minimum Gasteiger partial charge on any atom is -0.497 e. The number of esters is 1. The highest BCUT2D eigenvalue weighted by atomic mass is 16.6. The van der Waals surface area contributed by atoms with Crippen LogP contribution in [0.4, 0.5) is 10.5 Å². The lowest BCUT2D eigenvalue weighted by Gasteiger charge is -2.21. The molecule has 0 radical (unpaired) electrons. The van der Waals surface area contributed by atoms with E-state index in [-0.39, 0.29) is 11.1 Å². The van der Waals surface area contributed by atoms with Crippen molar-refractivity contribution in [2.24, 2.45) is 0 Å². The van der Waals surface area contributed by atoms with Gasteiger partial charge in [-0.1, -0.05) is 0 Å². The molecule has 0 aliphatic heterocycles. The van der Waals surface area contributed by atoms with Gasteiger partial charge in [-0.25, -0.2) is 9.59 Å². The molecule has 1 N–H and O–H groups in total. The second kappa shape index (κ2) is 12.4. The quantitative estimate of drug-likeness (QED) is 0.253. The largest absolute Gasteiger partial charge is 0.497 e. The van der Waals surface area contributed by atoms with Crippen LogP contribution < -0.4 is 29.8 Å². The van der Waals surface area contributed by atoms with Gasteiger partial charge in [-0.15, -0.1) is 0 Å². The monoisotopic (exact) mass is 590 g/mol. The standard InChI is InChI=1S/C32H34N2O9/c1-32(2,3)43-31(37)33-19-9-11-20(12-10-19)34-28(30(36)42-8)27(18-13-21(38-4)15-22(14-18)39-5)23-16-25(40-6)26(41-7)17-24(23)29(34)35/h9-17H,1-8H3,(H,33,37). The predicted octanol–water partition coefficient (Wildman–Crippen LogP) is 5.83. The molecule has 43 heavy (non-hydrogen) atoms. The van der Waals surface area contributed by atoms with E-state index >= 15 is 0 Å². The summed E-state index contributed by atoms with van der Waals surface area (Å²) in [5.41, 5.74) is 0.420. The van der Waals surface area contributed by atoms with Gasteiger partial charge >= 0.3 is 12.1 Å². The van der Waals surface area contributed by atoms with E-state index < -0.39 is 23.2 Å². The molecule has 11 nitrogen and oxygen atoms in total. The van der Waals surface area contributed by atoms with Crippen LogP contribution in [0.5, 0.6) is 23.0 Å². The van der Waals surface area contributed by atoms with Crippen molar-refractivity contribution in [3.8, 4) is 39.8 Å². The molecule has 0 aliphatic rings. The van der Waals surface area contributed by atoms with Gasteiger partial charge in [-0.05, 0) is 74.9 Å². The maximum atomic E-state index is 14.2. The van der Waals surface area contributed by atoms with E-state index in [4.69, 9.17) is 28.4 Å². The topological polar surface area (TPSA) is 124 Å². The second-order valence-electron chi connectivity index (χ2n) is 10.4. The first-order valence-corrected chi connectivity index (χ1v) is 13.2. The van der Waals surface area contributed by atoms with Crippen LogP contribution in [0, 0.1) is 0 Å². The van der Waals surface area contributed by atoms with Gasteiger partial charge in [-0.3, -0.25) is 14.7 Å². The summed E-state index contributed by atoms with van der Waals surface area (Å²) in [7, 11) is 7.21. The highest BCUT2D eigenvalue weighted by molar-refractivity contribution is 6.08. The Morgan fingerprint density at radius 2 is 1.30 bits per heavy atom.